The maximum Gasteiger partial charge on any atom is 0.270 e. The van der Waals surface area contributed by atoms with Gasteiger partial charge in [-0.3, -0.25) is 14.5 Å². The molecule has 0 aliphatic carbocycles. The minimum Gasteiger partial charge on any atom is -0.276 e. The van der Waals surface area contributed by atoms with Crippen LogP contribution in [0.3, 0.4) is 0 Å². The third-order valence-electron chi connectivity index (χ3n) is 3.27. The number of halogens is 2. The van der Waals surface area contributed by atoms with Gasteiger partial charge in [0.15, 0.2) is 4.32 Å². The van der Waals surface area contributed by atoms with Gasteiger partial charge in [0.05, 0.1) is 10.6 Å². The maximum atomic E-state index is 13.3. The molecule has 24 heavy (non-hydrogen) atoms. The van der Waals surface area contributed by atoms with Gasteiger partial charge in [-0.2, -0.15) is 0 Å². The summed E-state index contributed by atoms with van der Waals surface area (Å²) in [4.78, 5) is 25.6. The number of thioether (sulfide) groups is 1. The second-order valence-electron chi connectivity index (χ2n) is 4.90. The number of anilines is 1. The van der Waals surface area contributed by atoms with Crippen molar-refractivity contribution in [2.24, 2.45) is 0 Å². The van der Waals surface area contributed by atoms with Gasteiger partial charge in [0.1, 0.15) is 5.82 Å². The quantitative estimate of drug-likeness (QED) is 0.444. The van der Waals surface area contributed by atoms with Gasteiger partial charge in [-0.15, -0.1) is 0 Å². The van der Waals surface area contributed by atoms with Gasteiger partial charge in [-0.25, -0.2) is 4.39 Å². The first kappa shape index (κ1) is 16.8. The van der Waals surface area contributed by atoms with Crippen LogP contribution in [-0.2, 0) is 4.79 Å². The Morgan fingerprint density at radius 3 is 2.67 bits per heavy atom. The van der Waals surface area contributed by atoms with Crippen molar-refractivity contribution >= 4 is 62.8 Å². The topological polar surface area (TPSA) is 37.4 Å². The van der Waals surface area contributed by atoms with Crippen LogP contribution in [0.1, 0.15) is 15.9 Å². The van der Waals surface area contributed by atoms with Crippen molar-refractivity contribution in [1.82, 2.24) is 0 Å². The molecule has 1 fully saturated rings. The van der Waals surface area contributed by atoms with E-state index in [1.807, 2.05) is 0 Å². The van der Waals surface area contributed by atoms with E-state index < -0.39 is 5.24 Å². The first-order valence-corrected chi connectivity index (χ1v) is 8.39. The molecule has 0 saturated carbocycles. The Kier molecular flexibility index (Phi) is 4.80. The third kappa shape index (κ3) is 3.40. The Bertz CT molecular complexity index is 898. The van der Waals surface area contributed by atoms with Crippen LogP contribution in [0.4, 0.5) is 10.1 Å². The van der Waals surface area contributed by atoms with Crippen LogP contribution in [0, 0.1) is 5.82 Å². The van der Waals surface area contributed by atoms with Gasteiger partial charge in [-0.05, 0) is 53.6 Å². The molecule has 7 heteroatoms. The van der Waals surface area contributed by atoms with Crippen LogP contribution < -0.4 is 4.90 Å². The SMILES string of the molecule is O=C(Cl)c1cccc(N2C(=O)/C(=C/c3cccc(F)c3)SC2=S)c1. The van der Waals surface area contributed by atoms with E-state index in [2.05, 4.69) is 0 Å². The predicted octanol–water partition coefficient (Wildman–Crippen LogP) is 4.61. The molecule has 2 aromatic carbocycles. The Morgan fingerprint density at radius 1 is 1.21 bits per heavy atom. The van der Waals surface area contributed by atoms with Gasteiger partial charge in [0, 0.05) is 5.56 Å². The molecule has 120 valence electrons. The molecule has 0 radical (unpaired) electrons. The summed E-state index contributed by atoms with van der Waals surface area (Å²) in [7, 11) is 0. The highest BCUT2D eigenvalue weighted by molar-refractivity contribution is 8.27. The number of hydrogen-bond acceptors (Lipinski definition) is 4. The Morgan fingerprint density at radius 2 is 1.96 bits per heavy atom. The van der Waals surface area contributed by atoms with Gasteiger partial charge < -0.3 is 0 Å². The van der Waals surface area contributed by atoms with Crippen LogP contribution in [0.5, 0.6) is 0 Å². The maximum absolute atomic E-state index is 13.3. The number of carbonyl (C=O) groups is 2. The molecule has 0 spiro atoms. The molecule has 1 amide bonds. The fourth-order valence-electron chi connectivity index (χ4n) is 2.21. The highest BCUT2D eigenvalue weighted by atomic mass is 35.5. The van der Waals surface area contributed by atoms with E-state index in [-0.39, 0.29) is 17.3 Å². The molecule has 1 aliphatic rings. The van der Waals surface area contributed by atoms with Crippen molar-refractivity contribution in [2.45, 2.75) is 0 Å². The molecule has 3 nitrogen and oxygen atoms in total. The first-order valence-electron chi connectivity index (χ1n) is 6.79. The van der Waals surface area contributed by atoms with Gasteiger partial charge in [0.25, 0.3) is 11.1 Å². The lowest BCUT2D eigenvalue weighted by Crippen LogP contribution is -2.27. The molecular weight excluding hydrogens is 369 g/mol. The summed E-state index contributed by atoms with van der Waals surface area (Å²) in [6.45, 7) is 0. The predicted molar refractivity (Wildman–Crippen MR) is 98.7 cm³/mol. The molecule has 2 aromatic rings. The standard InChI is InChI=1S/C17H9ClFNO2S2/c18-15(21)11-4-2-6-13(9-11)20-16(22)14(24-17(20)23)8-10-3-1-5-12(19)7-10/h1-9H/b14-8-. The summed E-state index contributed by atoms with van der Waals surface area (Å²) in [5.41, 5.74) is 1.31. The molecule has 0 aromatic heterocycles. The van der Waals surface area contributed by atoms with Crippen molar-refractivity contribution in [3.63, 3.8) is 0 Å². The minimum absolute atomic E-state index is 0.275. The van der Waals surface area contributed by atoms with Gasteiger partial charge >= 0.3 is 0 Å². The summed E-state index contributed by atoms with van der Waals surface area (Å²) in [6, 6.07) is 12.3. The van der Waals surface area contributed by atoms with Crippen LogP contribution in [-0.4, -0.2) is 15.5 Å². The first-order chi connectivity index (χ1) is 11.5. The monoisotopic (exact) mass is 377 g/mol. The highest BCUT2D eigenvalue weighted by Gasteiger charge is 2.33. The smallest absolute Gasteiger partial charge is 0.270 e. The van der Waals surface area contributed by atoms with Crippen molar-refractivity contribution < 1.29 is 14.0 Å². The Balaban J connectivity index is 1.95. The summed E-state index contributed by atoms with van der Waals surface area (Å²) >= 11 is 11.9. The zero-order valence-corrected chi connectivity index (χ0v) is 14.4. The average molecular weight is 378 g/mol. The van der Waals surface area contributed by atoms with E-state index >= 15 is 0 Å². The number of benzene rings is 2. The molecule has 0 N–H and O–H groups in total. The third-order valence-corrected chi connectivity index (χ3v) is 4.79. The van der Waals surface area contributed by atoms with Crippen molar-refractivity contribution in [3.8, 4) is 0 Å². The highest BCUT2D eigenvalue weighted by Crippen LogP contribution is 2.36. The van der Waals surface area contributed by atoms with Crippen LogP contribution in [0.25, 0.3) is 6.08 Å². The van der Waals surface area contributed by atoms with Crippen molar-refractivity contribution in [2.75, 3.05) is 4.90 Å². The zero-order valence-electron chi connectivity index (χ0n) is 12.0. The molecule has 1 heterocycles. The van der Waals surface area contributed by atoms with E-state index in [9.17, 15) is 14.0 Å². The lowest BCUT2D eigenvalue weighted by Gasteiger charge is -2.14. The fraction of sp³-hybridized carbons (Fsp3) is 0. The number of thiocarbonyl (C=S) groups is 1. The zero-order chi connectivity index (χ0) is 17.3. The van der Waals surface area contributed by atoms with E-state index in [0.717, 1.165) is 11.8 Å². The molecule has 1 saturated heterocycles. The Hall–Kier alpha value is -2.02. The fourth-order valence-corrected chi connectivity index (χ4v) is 3.62. The van der Waals surface area contributed by atoms with E-state index in [1.165, 1.54) is 23.1 Å². The van der Waals surface area contributed by atoms with E-state index in [1.54, 1.807) is 36.4 Å². The summed E-state index contributed by atoms with van der Waals surface area (Å²) < 4.78 is 13.6. The number of carbonyl (C=O) groups excluding carboxylic acids is 2. The lowest BCUT2D eigenvalue weighted by molar-refractivity contribution is -0.113. The van der Waals surface area contributed by atoms with Gasteiger partial charge in [-0.1, -0.05) is 42.2 Å². The number of hydrogen-bond donors (Lipinski definition) is 0. The Labute approximate surface area is 152 Å². The summed E-state index contributed by atoms with van der Waals surface area (Å²) in [6.07, 6.45) is 1.58. The van der Waals surface area contributed by atoms with Crippen LogP contribution in [0.2, 0.25) is 0 Å². The number of amides is 1. The normalized spacial score (nSPS) is 16.1. The average Bonchev–Trinajstić information content (AvgIpc) is 2.81. The minimum atomic E-state index is -0.613. The van der Waals surface area contributed by atoms with Crippen LogP contribution >= 0.6 is 35.6 Å². The van der Waals surface area contributed by atoms with E-state index in [4.69, 9.17) is 23.8 Å². The van der Waals surface area contributed by atoms with E-state index in [0.29, 0.717) is 20.5 Å². The number of nitrogens with zero attached hydrogens (tertiary/aromatic N) is 1. The molecule has 0 atom stereocenters. The van der Waals surface area contributed by atoms with Gasteiger partial charge in [0.2, 0.25) is 0 Å². The molecule has 1 aliphatic heterocycles. The molecular formula is C17H9ClFNO2S2. The molecule has 3 rings (SSSR count). The van der Waals surface area contributed by atoms with Crippen molar-refractivity contribution in [3.05, 3.63) is 70.4 Å². The molecule has 0 bridgehead atoms. The molecule has 0 unspecified atom stereocenters. The summed E-state index contributed by atoms with van der Waals surface area (Å²) in [5, 5.41) is -0.613. The van der Waals surface area contributed by atoms with Crippen molar-refractivity contribution in [1.29, 1.82) is 0 Å². The largest absolute Gasteiger partial charge is 0.276 e. The summed E-state index contributed by atoms with van der Waals surface area (Å²) in [5.74, 6) is -0.707. The second kappa shape index (κ2) is 6.84. The lowest BCUT2D eigenvalue weighted by atomic mass is 10.2. The second-order valence-corrected chi connectivity index (χ2v) is 6.92. The number of rotatable bonds is 3. The van der Waals surface area contributed by atoms with Crippen LogP contribution in [0.15, 0.2) is 53.4 Å².